The predicted molar refractivity (Wildman–Crippen MR) is 63.5 cm³/mol. The first-order chi connectivity index (χ1) is 8.24. The molecule has 0 unspecified atom stereocenters. The van der Waals surface area contributed by atoms with Crippen LogP contribution in [0.15, 0.2) is 6.07 Å². The molecule has 0 saturated heterocycles. The number of aromatic nitrogens is 1. The molecule has 5 nitrogen and oxygen atoms in total. The standard InChI is InChI=1S/C12H14N4O/c1-14-11(17)7-15-12-9(6-13)5-8-3-2-4-10(8)16-12/h5H,2-4,7H2,1H3,(H,14,17)(H,15,16). The number of nitrogens with zero attached hydrogens (tertiary/aromatic N) is 2. The van der Waals surface area contributed by atoms with Gasteiger partial charge < -0.3 is 10.6 Å². The Hall–Kier alpha value is -2.09. The van der Waals surface area contributed by atoms with Gasteiger partial charge in [-0.25, -0.2) is 4.98 Å². The number of rotatable bonds is 3. The monoisotopic (exact) mass is 230 g/mol. The average Bonchev–Trinajstić information content (AvgIpc) is 2.81. The Morgan fingerprint density at radius 3 is 3.12 bits per heavy atom. The Bertz CT molecular complexity index is 490. The van der Waals surface area contributed by atoms with Crippen LogP contribution in [0.5, 0.6) is 0 Å². The molecule has 1 aromatic heterocycles. The van der Waals surface area contributed by atoms with E-state index in [1.807, 2.05) is 6.07 Å². The van der Waals surface area contributed by atoms with Gasteiger partial charge in [0.15, 0.2) is 0 Å². The molecule has 0 aromatic carbocycles. The number of carbonyl (C=O) groups excluding carboxylic acids is 1. The summed E-state index contributed by atoms with van der Waals surface area (Å²) in [7, 11) is 1.57. The molecule has 0 bridgehead atoms. The molecule has 17 heavy (non-hydrogen) atoms. The van der Waals surface area contributed by atoms with E-state index in [1.165, 1.54) is 0 Å². The van der Waals surface area contributed by atoms with Crippen molar-refractivity contribution in [2.24, 2.45) is 0 Å². The lowest BCUT2D eigenvalue weighted by molar-refractivity contribution is -0.118. The highest BCUT2D eigenvalue weighted by molar-refractivity contribution is 5.80. The summed E-state index contributed by atoms with van der Waals surface area (Å²) in [6.07, 6.45) is 3.04. The van der Waals surface area contributed by atoms with Gasteiger partial charge in [0.2, 0.25) is 5.91 Å². The van der Waals surface area contributed by atoms with Gasteiger partial charge in [-0.15, -0.1) is 0 Å². The second-order valence-corrected chi connectivity index (χ2v) is 3.98. The van der Waals surface area contributed by atoms with Crippen LogP contribution >= 0.6 is 0 Å². The zero-order valence-corrected chi connectivity index (χ0v) is 9.71. The van der Waals surface area contributed by atoms with Gasteiger partial charge in [0.25, 0.3) is 0 Å². The van der Waals surface area contributed by atoms with Crippen LogP contribution in [0.1, 0.15) is 23.2 Å². The average molecular weight is 230 g/mol. The Balaban J connectivity index is 2.21. The molecule has 1 amide bonds. The molecule has 2 rings (SSSR count). The molecule has 88 valence electrons. The summed E-state index contributed by atoms with van der Waals surface area (Å²) in [5, 5.41) is 14.5. The number of carbonyl (C=O) groups is 1. The van der Waals surface area contributed by atoms with Gasteiger partial charge in [-0.1, -0.05) is 0 Å². The van der Waals surface area contributed by atoms with Crippen molar-refractivity contribution < 1.29 is 4.79 Å². The van der Waals surface area contributed by atoms with Gasteiger partial charge in [0.05, 0.1) is 12.1 Å². The van der Waals surface area contributed by atoms with Crippen molar-refractivity contribution in [3.8, 4) is 6.07 Å². The Labute approximate surface area is 99.9 Å². The predicted octanol–water partition coefficient (Wildman–Crippen LogP) is 0.600. The molecule has 0 fully saturated rings. The highest BCUT2D eigenvalue weighted by Gasteiger charge is 2.16. The lowest BCUT2D eigenvalue weighted by Gasteiger charge is -2.08. The van der Waals surface area contributed by atoms with Gasteiger partial charge in [-0.3, -0.25) is 4.79 Å². The van der Waals surface area contributed by atoms with Crippen LogP contribution in [0.25, 0.3) is 0 Å². The topological polar surface area (TPSA) is 77.8 Å². The normalized spacial score (nSPS) is 12.7. The zero-order chi connectivity index (χ0) is 12.3. The summed E-state index contributed by atoms with van der Waals surface area (Å²) in [6, 6.07) is 3.99. The molecule has 0 spiro atoms. The highest BCUT2D eigenvalue weighted by atomic mass is 16.1. The molecule has 5 heteroatoms. The first kappa shape index (κ1) is 11.4. The lowest BCUT2D eigenvalue weighted by Crippen LogP contribution is -2.26. The van der Waals surface area contributed by atoms with Crippen LogP contribution in [-0.2, 0) is 17.6 Å². The summed E-state index contributed by atoms with van der Waals surface area (Å²) in [5.74, 6) is 0.382. The van der Waals surface area contributed by atoms with E-state index < -0.39 is 0 Å². The SMILES string of the molecule is CNC(=O)CNc1nc2c(cc1C#N)CCC2. The van der Waals surface area contributed by atoms with Gasteiger partial charge in [0.1, 0.15) is 11.9 Å². The third kappa shape index (κ3) is 2.36. The zero-order valence-electron chi connectivity index (χ0n) is 9.71. The van der Waals surface area contributed by atoms with E-state index in [-0.39, 0.29) is 12.5 Å². The number of hydrogen-bond acceptors (Lipinski definition) is 4. The third-order valence-corrected chi connectivity index (χ3v) is 2.87. The maximum Gasteiger partial charge on any atom is 0.239 e. The minimum atomic E-state index is -0.129. The Morgan fingerprint density at radius 1 is 1.59 bits per heavy atom. The molecule has 1 aromatic rings. The van der Waals surface area contributed by atoms with E-state index in [1.54, 1.807) is 7.05 Å². The summed E-state index contributed by atoms with van der Waals surface area (Å²) in [4.78, 5) is 15.6. The van der Waals surface area contributed by atoms with Gasteiger partial charge in [0, 0.05) is 12.7 Å². The van der Waals surface area contributed by atoms with E-state index >= 15 is 0 Å². The van der Waals surface area contributed by atoms with Crippen LogP contribution in [-0.4, -0.2) is 24.5 Å². The molecule has 2 N–H and O–H groups in total. The van der Waals surface area contributed by atoms with Crippen LogP contribution in [0, 0.1) is 11.3 Å². The molecular formula is C12H14N4O. The maximum atomic E-state index is 11.1. The summed E-state index contributed by atoms with van der Waals surface area (Å²) in [5.41, 5.74) is 2.71. The van der Waals surface area contributed by atoms with Crippen LogP contribution in [0.3, 0.4) is 0 Å². The van der Waals surface area contributed by atoms with Crippen molar-refractivity contribution >= 4 is 11.7 Å². The second kappa shape index (κ2) is 4.83. The number of anilines is 1. The molecule has 0 aliphatic heterocycles. The van der Waals surface area contributed by atoms with Crippen LogP contribution in [0.4, 0.5) is 5.82 Å². The molecule has 0 atom stereocenters. The highest BCUT2D eigenvalue weighted by Crippen LogP contribution is 2.24. The largest absolute Gasteiger partial charge is 0.360 e. The molecule has 0 saturated carbocycles. The van der Waals surface area contributed by atoms with E-state index in [0.717, 1.165) is 30.5 Å². The Kier molecular flexibility index (Phi) is 3.24. The fourth-order valence-corrected chi connectivity index (χ4v) is 1.94. The molecule has 1 aliphatic rings. The van der Waals surface area contributed by atoms with E-state index in [4.69, 9.17) is 5.26 Å². The molecule has 1 aliphatic carbocycles. The third-order valence-electron chi connectivity index (χ3n) is 2.87. The summed E-state index contributed by atoms with van der Waals surface area (Å²) < 4.78 is 0. The Morgan fingerprint density at radius 2 is 2.41 bits per heavy atom. The number of nitriles is 1. The van der Waals surface area contributed by atoms with Gasteiger partial charge in [-0.2, -0.15) is 5.26 Å². The first-order valence-corrected chi connectivity index (χ1v) is 5.62. The van der Waals surface area contributed by atoms with E-state index in [9.17, 15) is 4.79 Å². The van der Waals surface area contributed by atoms with Crippen LogP contribution in [0.2, 0.25) is 0 Å². The van der Waals surface area contributed by atoms with E-state index in [2.05, 4.69) is 21.7 Å². The fraction of sp³-hybridized carbons (Fsp3) is 0.417. The fourth-order valence-electron chi connectivity index (χ4n) is 1.94. The quantitative estimate of drug-likeness (QED) is 0.797. The number of nitrogens with one attached hydrogen (secondary N) is 2. The van der Waals surface area contributed by atoms with Crippen molar-refractivity contribution in [1.29, 1.82) is 5.26 Å². The number of fused-ring (bicyclic) bond motifs is 1. The van der Waals surface area contributed by atoms with Crippen molar-refractivity contribution in [2.75, 3.05) is 18.9 Å². The number of likely N-dealkylation sites (N-methyl/N-ethyl adjacent to an activating group) is 1. The van der Waals surface area contributed by atoms with Gasteiger partial charge >= 0.3 is 0 Å². The number of hydrogen-bond donors (Lipinski definition) is 2. The van der Waals surface area contributed by atoms with Crippen molar-refractivity contribution in [2.45, 2.75) is 19.3 Å². The minimum Gasteiger partial charge on any atom is -0.360 e. The number of amides is 1. The minimum absolute atomic E-state index is 0.129. The molecular weight excluding hydrogens is 216 g/mol. The summed E-state index contributed by atoms with van der Waals surface area (Å²) in [6.45, 7) is 0.136. The molecule has 0 radical (unpaired) electrons. The van der Waals surface area contributed by atoms with E-state index in [0.29, 0.717) is 11.4 Å². The number of aryl methyl sites for hydroxylation is 2. The maximum absolute atomic E-state index is 11.1. The lowest BCUT2D eigenvalue weighted by atomic mass is 10.1. The first-order valence-electron chi connectivity index (χ1n) is 5.62. The number of pyridine rings is 1. The smallest absolute Gasteiger partial charge is 0.239 e. The van der Waals surface area contributed by atoms with Crippen molar-refractivity contribution in [3.63, 3.8) is 0 Å². The molecule has 1 heterocycles. The van der Waals surface area contributed by atoms with Crippen molar-refractivity contribution in [3.05, 3.63) is 22.9 Å². The van der Waals surface area contributed by atoms with Crippen molar-refractivity contribution in [1.82, 2.24) is 10.3 Å². The second-order valence-electron chi connectivity index (χ2n) is 3.98. The van der Waals surface area contributed by atoms with Crippen LogP contribution < -0.4 is 10.6 Å². The summed E-state index contributed by atoms with van der Waals surface area (Å²) >= 11 is 0. The van der Waals surface area contributed by atoms with Gasteiger partial charge in [-0.05, 0) is 30.9 Å².